The number of nitrogens with one attached hydrogen (secondary N) is 2. The molecule has 1 aliphatic heterocycles. The summed E-state index contributed by atoms with van der Waals surface area (Å²) in [5.74, 6) is 1.53. The molecular weight excluding hydrogens is 475 g/mol. The van der Waals surface area contributed by atoms with Crippen molar-refractivity contribution in [3.63, 3.8) is 0 Å². The Kier molecular flexibility index (Phi) is 9.42. The number of rotatable bonds is 7. The number of nitrogens with zero attached hydrogens (tertiary/aromatic N) is 4. The van der Waals surface area contributed by atoms with Gasteiger partial charge in [-0.2, -0.15) is 0 Å². The van der Waals surface area contributed by atoms with Crippen LogP contribution in [0.3, 0.4) is 0 Å². The Balaban J connectivity index is 0.00000300. The quantitative estimate of drug-likeness (QED) is 0.341. The maximum atomic E-state index is 4.82. The molecule has 2 heterocycles. The Morgan fingerprint density at radius 2 is 1.93 bits per heavy atom. The number of hydrogen-bond donors (Lipinski definition) is 2. The lowest BCUT2D eigenvalue weighted by Crippen LogP contribution is -2.46. The molecule has 1 fully saturated rings. The topological polar surface area (TPSA) is 57.5 Å². The molecule has 1 aromatic heterocycles. The molecule has 0 amide bonds. The van der Waals surface area contributed by atoms with Gasteiger partial charge in [-0.3, -0.25) is 4.90 Å². The molecule has 6 nitrogen and oxygen atoms in total. The SMILES string of the molecule is CCNC(=NCc1ccc(Cn2ccnc2)cc1)NC1CN(C(C)C)CC1C.I. The molecule has 0 radical (unpaired) electrons. The number of aliphatic imine (C=N–C) groups is 1. The van der Waals surface area contributed by atoms with Crippen LogP contribution in [-0.4, -0.2) is 52.1 Å². The molecule has 2 aromatic rings. The zero-order valence-electron chi connectivity index (χ0n) is 18.0. The third-order valence-electron chi connectivity index (χ3n) is 5.40. The summed E-state index contributed by atoms with van der Waals surface area (Å²) >= 11 is 0. The standard InChI is InChI=1S/C22H34N6.HI/c1-5-24-22(26-21-15-28(17(2)3)13-18(21)4)25-12-19-6-8-20(9-7-19)14-27-11-10-23-16-27;/h6-11,16-18,21H,5,12-15H2,1-4H3,(H2,24,25,26);1H. The van der Waals surface area contributed by atoms with Gasteiger partial charge in [-0.25, -0.2) is 9.98 Å². The summed E-state index contributed by atoms with van der Waals surface area (Å²) in [6.07, 6.45) is 5.64. The number of likely N-dealkylation sites (tertiary alicyclic amines) is 1. The van der Waals surface area contributed by atoms with E-state index in [4.69, 9.17) is 4.99 Å². The van der Waals surface area contributed by atoms with Crippen LogP contribution in [0.5, 0.6) is 0 Å². The predicted octanol–water partition coefficient (Wildman–Crippen LogP) is 3.33. The fourth-order valence-corrected chi connectivity index (χ4v) is 3.62. The monoisotopic (exact) mass is 510 g/mol. The minimum Gasteiger partial charge on any atom is -0.357 e. The van der Waals surface area contributed by atoms with Gasteiger partial charge in [-0.1, -0.05) is 31.2 Å². The van der Waals surface area contributed by atoms with Gasteiger partial charge in [0.1, 0.15) is 0 Å². The molecule has 3 rings (SSSR count). The second-order valence-electron chi connectivity index (χ2n) is 8.02. The first-order valence-electron chi connectivity index (χ1n) is 10.4. The third kappa shape index (κ3) is 6.99. The number of guanidine groups is 1. The molecule has 2 N–H and O–H groups in total. The molecular formula is C22H35IN6. The second-order valence-corrected chi connectivity index (χ2v) is 8.02. The average Bonchev–Trinajstić information content (AvgIpc) is 3.31. The largest absolute Gasteiger partial charge is 0.357 e. The summed E-state index contributed by atoms with van der Waals surface area (Å²) in [7, 11) is 0. The number of imidazole rings is 1. The van der Waals surface area contributed by atoms with E-state index in [0.717, 1.165) is 32.1 Å². The van der Waals surface area contributed by atoms with E-state index in [1.54, 1.807) is 0 Å². The Hall–Kier alpha value is -1.61. The van der Waals surface area contributed by atoms with Gasteiger partial charge in [-0.15, -0.1) is 24.0 Å². The lowest BCUT2D eigenvalue weighted by atomic mass is 10.1. The van der Waals surface area contributed by atoms with Gasteiger partial charge in [0.05, 0.1) is 12.9 Å². The van der Waals surface area contributed by atoms with E-state index in [9.17, 15) is 0 Å². The minimum absolute atomic E-state index is 0. The molecule has 0 spiro atoms. The van der Waals surface area contributed by atoms with Gasteiger partial charge in [-0.05, 0) is 37.8 Å². The van der Waals surface area contributed by atoms with Crippen LogP contribution in [0, 0.1) is 5.92 Å². The van der Waals surface area contributed by atoms with Crippen LogP contribution in [0.15, 0.2) is 48.0 Å². The smallest absolute Gasteiger partial charge is 0.191 e. The molecule has 2 atom stereocenters. The maximum absolute atomic E-state index is 4.82. The first-order valence-corrected chi connectivity index (χ1v) is 10.4. The Bertz CT molecular complexity index is 741. The highest BCUT2D eigenvalue weighted by molar-refractivity contribution is 14.0. The molecule has 29 heavy (non-hydrogen) atoms. The molecule has 0 aliphatic carbocycles. The minimum atomic E-state index is 0. The van der Waals surface area contributed by atoms with Crippen LogP contribution < -0.4 is 10.6 Å². The summed E-state index contributed by atoms with van der Waals surface area (Å²) < 4.78 is 2.07. The van der Waals surface area contributed by atoms with Crippen molar-refractivity contribution in [2.75, 3.05) is 19.6 Å². The summed E-state index contributed by atoms with van der Waals surface area (Å²) in [5.41, 5.74) is 2.49. The number of halogens is 1. The van der Waals surface area contributed by atoms with E-state index in [2.05, 4.69) is 77.0 Å². The number of aromatic nitrogens is 2. The van der Waals surface area contributed by atoms with Crippen molar-refractivity contribution < 1.29 is 0 Å². The zero-order valence-corrected chi connectivity index (χ0v) is 20.3. The van der Waals surface area contributed by atoms with Gasteiger partial charge < -0.3 is 15.2 Å². The van der Waals surface area contributed by atoms with Crippen LogP contribution in [0.1, 0.15) is 38.8 Å². The van der Waals surface area contributed by atoms with Gasteiger partial charge in [0.25, 0.3) is 0 Å². The Morgan fingerprint density at radius 3 is 2.52 bits per heavy atom. The van der Waals surface area contributed by atoms with Crippen LogP contribution in [0.4, 0.5) is 0 Å². The fraction of sp³-hybridized carbons (Fsp3) is 0.545. The fourth-order valence-electron chi connectivity index (χ4n) is 3.62. The highest BCUT2D eigenvalue weighted by atomic mass is 127. The molecule has 1 saturated heterocycles. The lowest BCUT2D eigenvalue weighted by molar-refractivity contribution is 0.265. The van der Waals surface area contributed by atoms with Crippen LogP contribution in [0.25, 0.3) is 0 Å². The van der Waals surface area contributed by atoms with Crippen molar-refractivity contribution in [3.8, 4) is 0 Å². The molecule has 0 saturated carbocycles. The van der Waals surface area contributed by atoms with Crippen molar-refractivity contribution >= 4 is 29.9 Å². The van der Waals surface area contributed by atoms with Gasteiger partial charge in [0.15, 0.2) is 5.96 Å². The normalized spacial score (nSPS) is 20.0. The van der Waals surface area contributed by atoms with Crippen molar-refractivity contribution in [2.24, 2.45) is 10.9 Å². The molecule has 7 heteroatoms. The molecule has 1 aliphatic rings. The summed E-state index contributed by atoms with van der Waals surface area (Å²) in [4.78, 5) is 11.4. The molecule has 1 aromatic carbocycles. The molecule has 160 valence electrons. The summed E-state index contributed by atoms with van der Waals surface area (Å²) in [5, 5.41) is 7.05. The van der Waals surface area contributed by atoms with Crippen molar-refractivity contribution in [2.45, 2.75) is 52.9 Å². The van der Waals surface area contributed by atoms with E-state index in [-0.39, 0.29) is 24.0 Å². The number of hydrogen-bond acceptors (Lipinski definition) is 3. The third-order valence-corrected chi connectivity index (χ3v) is 5.40. The summed E-state index contributed by atoms with van der Waals surface area (Å²) in [6, 6.07) is 9.71. The first-order chi connectivity index (χ1) is 13.5. The van der Waals surface area contributed by atoms with E-state index in [0.29, 0.717) is 24.5 Å². The Labute approximate surface area is 192 Å². The van der Waals surface area contributed by atoms with Crippen molar-refractivity contribution in [1.82, 2.24) is 25.1 Å². The Morgan fingerprint density at radius 1 is 1.21 bits per heavy atom. The van der Waals surface area contributed by atoms with Crippen molar-refractivity contribution in [3.05, 3.63) is 54.1 Å². The maximum Gasteiger partial charge on any atom is 0.191 e. The predicted molar refractivity (Wildman–Crippen MR) is 131 cm³/mol. The highest BCUT2D eigenvalue weighted by Crippen LogP contribution is 2.18. The molecule has 2 unspecified atom stereocenters. The zero-order chi connectivity index (χ0) is 19.9. The lowest BCUT2D eigenvalue weighted by Gasteiger charge is -2.22. The van der Waals surface area contributed by atoms with Crippen LogP contribution >= 0.6 is 24.0 Å². The summed E-state index contributed by atoms with van der Waals surface area (Å²) in [6.45, 7) is 13.6. The highest BCUT2D eigenvalue weighted by Gasteiger charge is 2.31. The second kappa shape index (κ2) is 11.5. The molecule has 0 bridgehead atoms. The van der Waals surface area contributed by atoms with Gasteiger partial charge in [0.2, 0.25) is 0 Å². The average molecular weight is 510 g/mol. The van der Waals surface area contributed by atoms with Gasteiger partial charge >= 0.3 is 0 Å². The van der Waals surface area contributed by atoms with Crippen molar-refractivity contribution in [1.29, 1.82) is 0 Å². The van der Waals surface area contributed by atoms with E-state index in [1.165, 1.54) is 11.1 Å². The first kappa shape index (κ1) is 23.7. The van der Waals surface area contributed by atoms with Crippen LogP contribution in [0.2, 0.25) is 0 Å². The van der Waals surface area contributed by atoms with E-state index >= 15 is 0 Å². The van der Waals surface area contributed by atoms with Crippen LogP contribution in [-0.2, 0) is 13.1 Å². The van der Waals surface area contributed by atoms with Gasteiger partial charge in [0, 0.05) is 50.7 Å². The van der Waals surface area contributed by atoms with E-state index in [1.807, 2.05) is 18.7 Å². The number of benzene rings is 1. The van der Waals surface area contributed by atoms with E-state index < -0.39 is 0 Å².